The second-order valence-corrected chi connectivity index (χ2v) is 5.70. The van der Waals surface area contributed by atoms with E-state index in [4.69, 9.17) is 13.0 Å². The average Bonchev–Trinajstić information content (AvgIpc) is 2.46. The van der Waals surface area contributed by atoms with Crippen LogP contribution in [0.25, 0.3) is 21.7 Å². The van der Waals surface area contributed by atoms with Crippen LogP contribution in [-0.4, -0.2) is 23.5 Å². The number of pyridine rings is 1. The van der Waals surface area contributed by atoms with E-state index in [0.717, 1.165) is 5.52 Å². The van der Waals surface area contributed by atoms with Crippen molar-refractivity contribution in [3.8, 4) is 0 Å². The molecule has 3 aromatic rings. The fraction of sp³-hybridized carbons (Fsp3) is 0.0714. The van der Waals surface area contributed by atoms with Crippen molar-refractivity contribution in [1.29, 1.82) is 0 Å². The first-order chi connectivity index (χ1) is 10.2. The molecule has 0 unspecified atom stereocenters. The van der Waals surface area contributed by atoms with Crippen molar-refractivity contribution in [1.82, 2.24) is 4.98 Å². The molecule has 0 atom stereocenters. The Hall–Kier alpha value is -2.19. The number of fused-ring (bicyclic) bond motifs is 3. The number of aromatic nitrogens is 1. The molecule has 0 saturated heterocycles. The van der Waals surface area contributed by atoms with Crippen LogP contribution in [0.2, 0.25) is 0 Å². The van der Waals surface area contributed by atoms with Gasteiger partial charge in [-0.25, -0.2) is 0 Å². The maximum absolute atomic E-state index is 10.7. The predicted molar refractivity (Wildman–Crippen MR) is 76.9 cm³/mol. The van der Waals surface area contributed by atoms with Gasteiger partial charge in [-0.2, -0.15) is 21.6 Å². The zero-order valence-corrected chi connectivity index (χ0v) is 11.8. The van der Waals surface area contributed by atoms with Crippen LogP contribution in [-0.2, 0) is 10.1 Å². The SMILES string of the molecule is O=S(=O)(O)C(F)(F)F.c1ccc2c(c1)cnc1ccccc12. The van der Waals surface area contributed by atoms with E-state index in [0.29, 0.717) is 0 Å². The van der Waals surface area contributed by atoms with Gasteiger partial charge in [0.2, 0.25) is 0 Å². The van der Waals surface area contributed by atoms with Crippen LogP contribution >= 0.6 is 0 Å². The summed E-state index contributed by atoms with van der Waals surface area (Å²) < 4.78 is 57.5. The molecule has 0 aliphatic carbocycles. The molecule has 4 nitrogen and oxygen atoms in total. The van der Waals surface area contributed by atoms with Crippen LogP contribution in [0.5, 0.6) is 0 Å². The second-order valence-electron chi connectivity index (χ2n) is 4.28. The Morgan fingerprint density at radius 3 is 2.00 bits per heavy atom. The molecule has 0 amide bonds. The first-order valence-electron chi connectivity index (χ1n) is 5.96. The summed E-state index contributed by atoms with van der Waals surface area (Å²) in [5.74, 6) is 0. The van der Waals surface area contributed by atoms with E-state index >= 15 is 0 Å². The third-order valence-electron chi connectivity index (χ3n) is 2.79. The van der Waals surface area contributed by atoms with Crippen molar-refractivity contribution in [3.05, 3.63) is 54.7 Å². The summed E-state index contributed by atoms with van der Waals surface area (Å²) in [4.78, 5) is 4.41. The van der Waals surface area contributed by atoms with Gasteiger partial charge in [0, 0.05) is 17.0 Å². The van der Waals surface area contributed by atoms with Gasteiger partial charge in [-0.3, -0.25) is 9.54 Å². The van der Waals surface area contributed by atoms with Gasteiger partial charge in [0.1, 0.15) is 0 Å². The number of benzene rings is 2. The van der Waals surface area contributed by atoms with Crippen molar-refractivity contribution >= 4 is 31.8 Å². The highest BCUT2D eigenvalue weighted by Crippen LogP contribution is 2.22. The largest absolute Gasteiger partial charge is 0.522 e. The van der Waals surface area contributed by atoms with E-state index in [2.05, 4.69) is 35.3 Å². The van der Waals surface area contributed by atoms with Gasteiger partial charge >= 0.3 is 15.6 Å². The molecule has 0 aliphatic rings. The van der Waals surface area contributed by atoms with Crippen LogP contribution < -0.4 is 0 Å². The van der Waals surface area contributed by atoms with Crippen molar-refractivity contribution in [2.24, 2.45) is 0 Å². The fourth-order valence-electron chi connectivity index (χ4n) is 1.81. The Morgan fingerprint density at radius 1 is 0.909 bits per heavy atom. The Kier molecular flexibility index (Phi) is 4.34. The zero-order valence-electron chi connectivity index (χ0n) is 10.9. The van der Waals surface area contributed by atoms with Gasteiger partial charge < -0.3 is 0 Å². The quantitative estimate of drug-likeness (QED) is 0.387. The maximum Gasteiger partial charge on any atom is 0.522 e. The normalized spacial score (nSPS) is 12.0. The Labute approximate surface area is 124 Å². The minimum atomic E-state index is -5.84. The van der Waals surface area contributed by atoms with Crippen molar-refractivity contribution in [2.75, 3.05) is 0 Å². The highest BCUT2D eigenvalue weighted by molar-refractivity contribution is 7.86. The van der Waals surface area contributed by atoms with Crippen molar-refractivity contribution in [2.45, 2.75) is 5.51 Å². The second kappa shape index (κ2) is 5.90. The Balaban J connectivity index is 0.000000192. The van der Waals surface area contributed by atoms with Crippen LogP contribution in [0.3, 0.4) is 0 Å². The summed E-state index contributed by atoms with van der Waals surface area (Å²) in [5, 5.41) is 3.70. The van der Waals surface area contributed by atoms with Gasteiger partial charge in [0.15, 0.2) is 0 Å². The number of rotatable bonds is 0. The maximum atomic E-state index is 10.7. The first kappa shape index (κ1) is 16.2. The number of halogens is 3. The molecule has 0 spiro atoms. The van der Waals surface area contributed by atoms with Crippen LogP contribution in [0.4, 0.5) is 13.2 Å². The molecule has 22 heavy (non-hydrogen) atoms. The first-order valence-corrected chi connectivity index (χ1v) is 7.40. The molecule has 0 fully saturated rings. The van der Waals surface area contributed by atoms with E-state index in [9.17, 15) is 13.2 Å². The topological polar surface area (TPSA) is 67.3 Å². The molecule has 1 heterocycles. The summed E-state index contributed by atoms with van der Waals surface area (Å²) in [6.07, 6.45) is 1.93. The lowest BCUT2D eigenvalue weighted by atomic mass is 10.1. The highest BCUT2D eigenvalue weighted by Gasteiger charge is 2.44. The Morgan fingerprint density at radius 2 is 1.41 bits per heavy atom. The fourth-order valence-corrected chi connectivity index (χ4v) is 1.81. The average molecular weight is 329 g/mol. The smallest absolute Gasteiger partial charge is 0.279 e. The van der Waals surface area contributed by atoms with Gasteiger partial charge in [0.25, 0.3) is 0 Å². The van der Waals surface area contributed by atoms with E-state index in [1.807, 2.05) is 24.4 Å². The molecule has 8 heteroatoms. The predicted octanol–water partition coefficient (Wildman–Crippen LogP) is 3.78. The minimum absolute atomic E-state index is 1.06. The lowest BCUT2D eigenvalue weighted by Gasteiger charge is -2.01. The molecule has 0 bridgehead atoms. The molecule has 1 aromatic heterocycles. The Bertz CT molecular complexity index is 853. The van der Waals surface area contributed by atoms with E-state index in [1.165, 1.54) is 16.2 Å². The zero-order chi connectivity index (χ0) is 16.4. The highest BCUT2D eigenvalue weighted by atomic mass is 32.2. The van der Waals surface area contributed by atoms with E-state index in [-0.39, 0.29) is 0 Å². The third-order valence-corrected chi connectivity index (χ3v) is 3.38. The van der Waals surface area contributed by atoms with Gasteiger partial charge in [-0.1, -0.05) is 42.5 Å². The van der Waals surface area contributed by atoms with Crippen molar-refractivity contribution < 1.29 is 26.1 Å². The molecule has 1 N–H and O–H groups in total. The summed E-state index contributed by atoms with van der Waals surface area (Å²) in [6.45, 7) is 0. The molecular weight excluding hydrogens is 319 g/mol. The molecular formula is C14H10F3NO3S. The summed E-state index contributed by atoms with van der Waals surface area (Å²) in [7, 11) is -5.84. The molecule has 3 rings (SSSR count). The molecule has 0 radical (unpaired) electrons. The summed E-state index contributed by atoms with van der Waals surface area (Å²) in [5.41, 5.74) is -4.47. The van der Waals surface area contributed by atoms with E-state index < -0.39 is 15.6 Å². The van der Waals surface area contributed by atoms with Crippen LogP contribution in [0.15, 0.2) is 54.7 Å². The lowest BCUT2D eigenvalue weighted by molar-refractivity contribution is -0.0510. The lowest BCUT2D eigenvalue weighted by Crippen LogP contribution is -2.21. The van der Waals surface area contributed by atoms with Gasteiger partial charge in [-0.15, -0.1) is 0 Å². The minimum Gasteiger partial charge on any atom is -0.279 e. The summed E-state index contributed by atoms with van der Waals surface area (Å²) in [6, 6.07) is 16.6. The number of hydrogen-bond donors (Lipinski definition) is 1. The molecule has 0 aliphatic heterocycles. The van der Waals surface area contributed by atoms with E-state index in [1.54, 1.807) is 0 Å². The molecule has 2 aromatic carbocycles. The summed E-state index contributed by atoms with van der Waals surface area (Å²) >= 11 is 0. The number of hydrogen-bond acceptors (Lipinski definition) is 3. The number of alkyl halides is 3. The van der Waals surface area contributed by atoms with Crippen molar-refractivity contribution in [3.63, 3.8) is 0 Å². The van der Waals surface area contributed by atoms with Crippen LogP contribution in [0.1, 0.15) is 0 Å². The number of nitrogens with zero attached hydrogens (tertiary/aromatic N) is 1. The van der Waals surface area contributed by atoms with Gasteiger partial charge in [0.05, 0.1) is 5.52 Å². The molecule has 0 saturated carbocycles. The van der Waals surface area contributed by atoms with Gasteiger partial charge in [-0.05, 0) is 11.5 Å². The monoisotopic (exact) mass is 329 g/mol. The molecule has 116 valence electrons. The number of para-hydroxylation sites is 1. The standard InChI is InChI=1S/C13H9N.CHF3O3S/c1-2-6-11-10(5-1)9-14-13-8-4-3-7-12(11)13;2-1(3,4)8(5,6)7/h1-9H;(H,5,6,7). The third kappa shape index (κ3) is 3.52. The van der Waals surface area contributed by atoms with Crippen LogP contribution in [0, 0.1) is 0 Å².